The van der Waals surface area contributed by atoms with Gasteiger partial charge in [-0.25, -0.2) is 9.78 Å². The third kappa shape index (κ3) is 4.84. The van der Waals surface area contributed by atoms with E-state index in [1.165, 1.54) is 0 Å². The van der Waals surface area contributed by atoms with Gasteiger partial charge in [0.25, 0.3) is 0 Å². The Bertz CT molecular complexity index is 772. The number of aryl methyl sites for hydroxylation is 1. The van der Waals surface area contributed by atoms with E-state index in [0.717, 1.165) is 16.7 Å². The van der Waals surface area contributed by atoms with E-state index in [0.29, 0.717) is 6.54 Å². The zero-order chi connectivity index (χ0) is 19.0. The number of hydrogen-bond acceptors (Lipinski definition) is 4. The van der Waals surface area contributed by atoms with Crippen molar-refractivity contribution in [3.63, 3.8) is 0 Å². The third-order valence-electron chi connectivity index (χ3n) is 3.89. The van der Waals surface area contributed by atoms with Gasteiger partial charge in [0.2, 0.25) is 5.28 Å². The molecular weight excluding hydrogens is 340 g/mol. The van der Waals surface area contributed by atoms with Crippen molar-refractivity contribution in [1.82, 2.24) is 19.9 Å². The molecule has 0 radical (unpaired) electrons. The lowest BCUT2D eigenvalue weighted by atomic mass is 9.86. The molecule has 2 heterocycles. The van der Waals surface area contributed by atoms with E-state index in [1.807, 2.05) is 33.8 Å². The molecule has 0 aliphatic carbocycles. The van der Waals surface area contributed by atoms with Crippen LogP contribution in [-0.4, -0.2) is 32.8 Å². The van der Waals surface area contributed by atoms with Crippen LogP contribution in [0.5, 0.6) is 0 Å². The number of rotatable bonds is 3. The number of amides is 1. The van der Waals surface area contributed by atoms with Crippen LogP contribution in [0.25, 0.3) is 11.0 Å². The monoisotopic (exact) mass is 366 g/mol. The lowest BCUT2D eigenvalue weighted by Crippen LogP contribution is -2.39. The molecule has 25 heavy (non-hydrogen) atoms. The van der Waals surface area contributed by atoms with Gasteiger partial charge in [0.05, 0.1) is 6.04 Å². The van der Waals surface area contributed by atoms with Gasteiger partial charge in [0.15, 0.2) is 0 Å². The molecule has 6 nitrogen and oxygen atoms in total. The Balaban J connectivity index is 2.35. The van der Waals surface area contributed by atoms with Gasteiger partial charge >= 0.3 is 6.09 Å². The molecule has 0 aliphatic heterocycles. The van der Waals surface area contributed by atoms with Crippen molar-refractivity contribution >= 4 is 28.7 Å². The Morgan fingerprint density at radius 3 is 2.52 bits per heavy atom. The van der Waals surface area contributed by atoms with Gasteiger partial charge in [-0.05, 0) is 50.8 Å². The van der Waals surface area contributed by atoms with Gasteiger partial charge in [0.1, 0.15) is 11.2 Å². The summed E-state index contributed by atoms with van der Waals surface area (Å²) in [5, 5.41) is 4.01. The Morgan fingerprint density at radius 1 is 1.32 bits per heavy atom. The number of nitrogens with zero attached hydrogens (tertiary/aromatic N) is 3. The molecular formula is C18H27ClN4O2. The highest BCUT2D eigenvalue weighted by atomic mass is 35.5. The number of hydrogen-bond donors (Lipinski definition) is 1. The number of carbonyl (C=O) groups is 1. The first kappa shape index (κ1) is 19.5. The maximum atomic E-state index is 12.1. The highest BCUT2D eigenvalue weighted by Gasteiger charge is 2.30. The number of carbonyl (C=O) groups excluding carboxylic acids is 1. The van der Waals surface area contributed by atoms with Crippen molar-refractivity contribution in [2.24, 2.45) is 5.41 Å². The van der Waals surface area contributed by atoms with Crippen molar-refractivity contribution in [3.8, 4) is 0 Å². The maximum absolute atomic E-state index is 12.1. The van der Waals surface area contributed by atoms with Crippen LogP contribution >= 0.6 is 11.6 Å². The molecule has 1 N–H and O–H groups in total. The fourth-order valence-corrected chi connectivity index (χ4v) is 2.92. The molecule has 2 rings (SSSR count). The van der Waals surface area contributed by atoms with E-state index in [-0.39, 0.29) is 16.7 Å². The molecule has 1 unspecified atom stereocenters. The predicted molar refractivity (Wildman–Crippen MR) is 100 cm³/mol. The van der Waals surface area contributed by atoms with E-state index in [1.54, 1.807) is 6.20 Å². The van der Waals surface area contributed by atoms with Crippen LogP contribution < -0.4 is 5.32 Å². The minimum absolute atomic E-state index is 0.0246. The molecule has 0 aromatic carbocycles. The predicted octanol–water partition coefficient (Wildman–Crippen LogP) is 4.51. The first-order chi connectivity index (χ1) is 11.4. The Labute approximate surface area is 153 Å². The second-order valence-electron chi connectivity index (χ2n) is 8.34. The molecule has 2 aromatic rings. The summed E-state index contributed by atoms with van der Waals surface area (Å²) in [4.78, 5) is 20.5. The van der Waals surface area contributed by atoms with Crippen molar-refractivity contribution in [1.29, 1.82) is 0 Å². The SMILES string of the molecule is Cc1cc2cnc(Cl)nc2n1C(CNC(=O)OC(C)(C)C)C(C)(C)C. The lowest BCUT2D eigenvalue weighted by molar-refractivity contribution is 0.0508. The highest BCUT2D eigenvalue weighted by molar-refractivity contribution is 6.28. The van der Waals surface area contributed by atoms with Gasteiger partial charge < -0.3 is 14.6 Å². The Morgan fingerprint density at radius 2 is 1.96 bits per heavy atom. The normalized spacial score (nSPS) is 13.8. The zero-order valence-electron chi connectivity index (χ0n) is 16.0. The summed E-state index contributed by atoms with van der Waals surface area (Å²) in [6.07, 6.45) is 1.29. The number of ether oxygens (including phenoxy) is 1. The van der Waals surface area contributed by atoms with Crippen LogP contribution in [0, 0.1) is 12.3 Å². The topological polar surface area (TPSA) is 69.0 Å². The third-order valence-corrected chi connectivity index (χ3v) is 4.07. The van der Waals surface area contributed by atoms with Crippen LogP contribution in [0.2, 0.25) is 5.28 Å². The number of fused-ring (bicyclic) bond motifs is 1. The van der Waals surface area contributed by atoms with E-state index in [9.17, 15) is 4.79 Å². The molecule has 0 saturated heterocycles. The second kappa shape index (κ2) is 6.83. The quantitative estimate of drug-likeness (QED) is 0.811. The van der Waals surface area contributed by atoms with E-state index < -0.39 is 11.7 Å². The van der Waals surface area contributed by atoms with E-state index >= 15 is 0 Å². The summed E-state index contributed by atoms with van der Waals surface area (Å²) < 4.78 is 7.46. The minimum Gasteiger partial charge on any atom is -0.444 e. The summed E-state index contributed by atoms with van der Waals surface area (Å²) in [6.45, 7) is 14.4. The lowest BCUT2D eigenvalue weighted by Gasteiger charge is -2.34. The molecule has 1 atom stereocenters. The largest absolute Gasteiger partial charge is 0.444 e. The summed E-state index contributed by atoms with van der Waals surface area (Å²) in [7, 11) is 0. The van der Waals surface area contributed by atoms with Crippen LogP contribution in [0.3, 0.4) is 0 Å². The van der Waals surface area contributed by atoms with Crippen molar-refractivity contribution < 1.29 is 9.53 Å². The van der Waals surface area contributed by atoms with Crippen molar-refractivity contribution in [2.75, 3.05) is 6.54 Å². The van der Waals surface area contributed by atoms with Crippen molar-refractivity contribution in [3.05, 3.63) is 23.2 Å². The molecule has 0 fully saturated rings. The molecule has 2 aromatic heterocycles. The van der Waals surface area contributed by atoms with Crippen LogP contribution in [0.4, 0.5) is 4.79 Å². The molecule has 0 bridgehead atoms. The second-order valence-corrected chi connectivity index (χ2v) is 8.68. The molecule has 7 heteroatoms. The maximum Gasteiger partial charge on any atom is 0.407 e. The summed E-state index contributed by atoms with van der Waals surface area (Å²) in [6, 6.07) is 2.00. The molecule has 1 amide bonds. The summed E-state index contributed by atoms with van der Waals surface area (Å²) in [5.41, 5.74) is 1.15. The number of halogens is 1. The van der Waals surface area contributed by atoms with Crippen LogP contribution in [0.15, 0.2) is 12.3 Å². The number of alkyl carbamates (subject to hydrolysis) is 1. The van der Waals surface area contributed by atoms with E-state index in [2.05, 4.69) is 40.6 Å². The highest BCUT2D eigenvalue weighted by Crippen LogP contribution is 2.34. The minimum atomic E-state index is -0.530. The van der Waals surface area contributed by atoms with Gasteiger partial charge in [-0.15, -0.1) is 0 Å². The van der Waals surface area contributed by atoms with Gasteiger partial charge in [-0.1, -0.05) is 20.8 Å². The Kier molecular flexibility index (Phi) is 5.33. The number of nitrogens with one attached hydrogen (secondary N) is 1. The van der Waals surface area contributed by atoms with Crippen LogP contribution in [-0.2, 0) is 4.74 Å². The fourth-order valence-electron chi connectivity index (χ4n) is 2.79. The Hall–Kier alpha value is -1.82. The summed E-state index contributed by atoms with van der Waals surface area (Å²) >= 11 is 5.99. The smallest absolute Gasteiger partial charge is 0.407 e. The molecule has 138 valence electrons. The fraction of sp³-hybridized carbons (Fsp3) is 0.611. The zero-order valence-corrected chi connectivity index (χ0v) is 16.7. The van der Waals surface area contributed by atoms with E-state index in [4.69, 9.17) is 16.3 Å². The average Bonchev–Trinajstić information content (AvgIpc) is 2.72. The van der Waals surface area contributed by atoms with Crippen LogP contribution in [0.1, 0.15) is 53.3 Å². The van der Waals surface area contributed by atoms with Gasteiger partial charge in [-0.2, -0.15) is 4.98 Å². The van der Waals surface area contributed by atoms with Gasteiger partial charge in [0, 0.05) is 23.8 Å². The molecule has 0 aliphatic rings. The number of aromatic nitrogens is 3. The van der Waals surface area contributed by atoms with Gasteiger partial charge in [-0.3, -0.25) is 0 Å². The molecule has 0 saturated carbocycles. The first-order valence-corrected chi connectivity index (χ1v) is 8.73. The standard InChI is InChI=1S/C18H27ClN4O2/c1-11-8-12-9-20-15(19)22-14(12)23(11)13(17(2,3)4)10-21-16(24)25-18(5,6)7/h8-9,13H,10H2,1-7H3,(H,21,24). The van der Waals surface area contributed by atoms with Crippen molar-refractivity contribution in [2.45, 2.75) is 60.1 Å². The first-order valence-electron chi connectivity index (χ1n) is 8.35. The summed E-state index contributed by atoms with van der Waals surface area (Å²) in [5.74, 6) is 0. The average molecular weight is 367 g/mol. The molecule has 0 spiro atoms.